The van der Waals surface area contributed by atoms with E-state index in [0.29, 0.717) is 24.5 Å². The molecule has 1 aromatic heterocycles. The van der Waals surface area contributed by atoms with Crippen molar-refractivity contribution in [3.8, 4) is 0 Å². The average Bonchev–Trinajstić information content (AvgIpc) is 2.95. The second-order valence-electron chi connectivity index (χ2n) is 5.83. The molecule has 1 aromatic carbocycles. The van der Waals surface area contributed by atoms with E-state index in [1.807, 2.05) is 12.3 Å². The van der Waals surface area contributed by atoms with Crippen molar-refractivity contribution in [2.24, 2.45) is 5.92 Å². The number of hydrogen-bond donors (Lipinski definition) is 2. The van der Waals surface area contributed by atoms with Gasteiger partial charge in [0.1, 0.15) is 0 Å². The molecule has 3 rings (SSSR count). The molecule has 0 radical (unpaired) electrons. The fraction of sp³-hybridized carbons (Fsp3) is 0.353. The van der Waals surface area contributed by atoms with E-state index in [2.05, 4.69) is 40.7 Å². The molecule has 0 spiro atoms. The molecule has 1 saturated heterocycles. The summed E-state index contributed by atoms with van der Waals surface area (Å²) in [6.45, 7) is 2.48. The van der Waals surface area contributed by atoms with Crippen LogP contribution in [-0.4, -0.2) is 23.3 Å². The van der Waals surface area contributed by atoms with Crippen molar-refractivity contribution in [1.82, 2.24) is 10.3 Å². The van der Waals surface area contributed by atoms with Crippen LogP contribution in [0, 0.1) is 12.8 Å². The van der Waals surface area contributed by atoms with E-state index >= 15 is 0 Å². The largest absolute Gasteiger partial charge is 0.355 e. The maximum absolute atomic E-state index is 12.2. The Morgan fingerprint density at radius 2 is 2.35 bits per heavy atom. The molecule has 0 bridgehead atoms. The smallest absolute Gasteiger partial charge is 0.231 e. The first-order chi connectivity index (χ1) is 11.1. The molecule has 1 aliphatic rings. The van der Waals surface area contributed by atoms with E-state index in [1.165, 1.54) is 22.5 Å². The van der Waals surface area contributed by atoms with Crippen molar-refractivity contribution < 1.29 is 9.59 Å². The number of aromatic nitrogens is 1. The first-order valence-electron chi connectivity index (χ1n) is 7.68. The minimum Gasteiger partial charge on any atom is -0.355 e. The van der Waals surface area contributed by atoms with Crippen LogP contribution < -0.4 is 10.6 Å². The second-order valence-corrected chi connectivity index (χ2v) is 6.94. The summed E-state index contributed by atoms with van der Waals surface area (Å²) >= 11 is 1.50. The lowest BCUT2D eigenvalue weighted by Crippen LogP contribution is -2.40. The third-order valence-electron chi connectivity index (χ3n) is 3.88. The van der Waals surface area contributed by atoms with Crippen LogP contribution in [-0.2, 0) is 16.0 Å². The van der Waals surface area contributed by atoms with Crippen molar-refractivity contribution >= 4 is 28.3 Å². The molecule has 6 heteroatoms. The number of rotatable bonds is 4. The van der Waals surface area contributed by atoms with Gasteiger partial charge in [0.2, 0.25) is 11.8 Å². The molecule has 23 heavy (non-hydrogen) atoms. The minimum atomic E-state index is -0.170. The van der Waals surface area contributed by atoms with Gasteiger partial charge in [-0.15, -0.1) is 11.3 Å². The number of nitrogens with zero attached hydrogens (tertiary/aromatic N) is 1. The predicted octanol–water partition coefficient (Wildman–Crippen LogP) is 2.51. The normalized spacial score (nSPS) is 17.6. The summed E-state index contributed by atoms with van der Waals surface area (Å²) in [4.78, 5) is 28.7. The molecule has 1 atom stereocenters. The van der Waals surface area contributed by atoms with Crippen molar-refractivity contribution in [3.05, 3.63) is 46.5 Å². The molecule has 0 saturated carbocycles. The lowest BCUT2D eigenvalue weighted by atomic mass is 9.98. The van der Waals surface area contributed by atoms with Gasteiger partial charge in [0, 0.05) is 30.5 Å². The Kier molecular flexibility index (Phi) is 4.71. The Balaban J connectivity index is 1.58. The summed E-state index contributed by atoms with van der Waals surface area (Å²) in [6.07, 6.45) is 3.63. The third kappa shape index (κ3) is 4.16. The number of hydrogen-bond acceptors (Lipinski definition) is 4. The Morgan fingerprint density at radius 1 is 1.48 bits per heavy atom. The van der Waals surface area contributed by atoms with E-state index in [4.69, 9.17) is 0 Å². The molecule has 1 fully saturated rings. The third-order valence-corrected chi connectivity index (χ3v) is 4.79. The van der Waals surface area contributed by atoms with Gasteiger partial charge in [-0.3, -0.25) is 9.59 Å². The van der Waals surface area contributed by atoms with Crippen LogP contribution in [0.25, 0.3) is 0 Å². The zero-order chi connectivity index (χ0) is 16.2. The molecular weight excluding hydrogens is 310 g/mol. The molecule has 0 unspecified atom stereocenters. The Labute approximate surface area is 139 Å². The van der Waals surface area contributed by atoms with Crippen LogP contribution in [0.2, 0.25) is 0 Å². The van der Waals surface area contributed by atoms with Crippen molar-refractivity contribution in [2.75, 3.05) is 11.9 Å². The molecular formula is C17H19N3O2S. The Morgan fingerprint density at radius 3 is 3.09 bits per heavy atom. The zero-order valence-electron chi connectivity index (χ0n) is 13.0. The molecule has 2 heterocycles. The highest BCUT2D eigenvalue weighted by molar-refractivity contribution is 7.15. The van der Waals surface area contributed by atoms with E-state index < -0.39 is 0 Å². The highest BCUT2D eigenvalue weighted by Gasteiger charge is 2.24. The summed E-state index contributed by atoms with van der Waals surface area (Å²) in [6, 6.07) is 8.37. The van der Waals surface area contributed by atoms with E-state index in [-0.39, 0.29) is 17.7 Å². The van der Waals surface area contributed by atoms with E-state index in [9.17, 15) is 9.59 Å². The summed E-state index contributed by atoms with van der Waals surface area (Å²) in [7, 11) is 0. The summed E-state index contributed by atoms with van der Waals surface area (Å²) in [5.74, 6) is -0.220. The minimum absolute atomic E-state index is 0.0174. The standard InChI is InChI=1S/C17H19N3O2S/c1-11-3-2-4-12(7-11)8-14-10-19-17(23-14)20-16(22)13-5-6-15(21)18-9-13/h2-4,7,10,13H,5-6,8-9H2,1H3,(H,18,21)(H,19,20,22)/t13-/m1/s1. The quantitative estimate of drug-likeness (QED) is 0.905. The summed E-state index contributed by atoms with van der Waals surface area (Å²) < 4.78 is 0. The number of anilines is 1. The first kappa shape index (κ1) is 15.7. The van der Waals surface area contributed by atoms with Crippen LogP contribution in [0.1, 0.15) is 28.8 Å². The fourth-order valence-electron chi connectivity index (χ4n) is 2.63. The van der Waals surface area contributed by atoms with Crippen LogP contribution >= 0.6 is 11.3 Å². The number of aryl methyl sites for hydroxylation is 1. The first-order valence-corrected chi connectivity index (χ1v) is 8.49. The second kappa shape index (κ2) is 6.91. The van der Waals surface area contributed by atoms with E-state index in [0.717, 1.165) is 11.3 Å². The van der Waals surface area contributed by atoms with Gasteiger partial charge in [0.25, 0.3) is 0 Å². The van der Waals surface area contributed by atoms with Crippen LogP contribution in [0.3, 0.4) is 0 Å². The fourth-order valence-corrected chi connectivity index (χ4v) is 3.48. The lowest BCUT2D eigenvalue weighted by Gasteiger charge is -2.20. The number of amides is 2. The van der Waals surface area contributed by atoms with Gasteiger partial charge in [0.05, 0.1) is 5.92 Å². The number of thiazole rings is 1. The zero-order valence-corrected chi connectivity index (χ0v) is 13.8. The van der Waals surface area contributed by atoms with Gasteiger partial charge in [0.15, 0.2) is 5.13 Å². The molecule has 0 aliphatic carbocycles. The van der Waals surface area contributed by atoms with Crippen LogP contribution in [0.4, 0.5) is 5.13 Å². The molecule has 1 aliphatic heterocycles. The molecule has 2 aromatic rings. The average molecular weight is 329 g/mol. The number of carbonyl (C=O) groups is 2. The predicted molar refractivity (Wildman–Crippen MR) is 90.5 cm³/mol. The van der Waals surface area contributed by atoms with Gasteiger partial charge in [-0.2, -0.15) is 0 Å². The maximum Gasteiger partial charge on any atom is 0.231 e. The van der Waals surface area contributed by atoms with Gasteiger partial charge in [-0.05, 0) is 18.9 Å². The molecule has 5 nitrogen and oxygen atoms in total. The van der Waals surface area contributed by atoms with Gasteiger partial charge >= 0.3 is 0 Å². The molecule has 120 valence electrons. The summed E-state index contributed by atoms with van der Waals surface area (Å²) in [5, 5.41) is 6.21. The Bertz CT molecular complexity index is 716. The molecule has 2 amide bonds. The molecule has 2 N–H and O–H groups in total. The van der Waals surface area contributed by atoms with Crippen molar-refractivity contribution in [1.29, 1.82) is 0 Å². The van der Waals surface area contributed by atoms with E-state index in [1.54, 1.807) is 0 Å². The number of benzene rings is 1. The topological polar surface area (TPSA) is 71.1 Å². The Hall–Kier alpha value is -2.21. The summed E-state index contributed by atoms with van der Waals surface area (Å²) in [5.41, 5.74) is 2.47. The van der Waals surface area contributed by atoms with Crippen molar-refractivity contribution in [3.63, 3.8) is 0 Å². The van der Waals surface area contributed by atoms with Gasteiger partial charge < -0.3 is 10.6 Å². The number of nitrogens with one attached hydrogen (secondary N) is 2. The maximum atomic E-state index is 12.2. The number of carbonyl (C=O) groups excluding carboxylic acids is 2. The van der Waals surface area contributed by atoms with Crippen LogP contribution in [0.5, 0.6) is 0 Å². The van der Waals surface area contributed by atoms with Gasteiger partial charge in [-0.1, -0.05) is 29.8 Å². The van der Waals surface area contributed by atoms with Crippen molar-refractivity contribution in [2.45, 2.75) is 26.2 Å². The highest BCUT2D eigenvalue weighted by Crippen LogP contribution is 2.23. The highest BCUT2D eigenvalue weighted by atomic mass is 32.1. The van der Waals surface area contributed by atoms with Gasteiger partial charge in [-0.25, -0.2) is 4.98 Å². The monoisotopic (exact) mass is 329 g/mol. The van der Waals surface area contributed by atoms with Crippen LogP contribution in [0.15, 0.2) is 30.5 Å². The number of piperidine rings is 1. The lowest BCUT2D eigenvalue weighted by molar-refractivity contribution is -0.126. The SMILES string of the molecule is Cc1cccc(Cc2cnc(NC(=O)[C@@H]3CCC(=O)NC3)s2)c1.